The molecule has 0 bridgehead atoms. The Kier molecular flexibility index (Phi) is 8.54. The fourth-order valence-corrected chi connectivity index (χ4v) is 3.94. The van der Waals surface area contributed by atoms with Crippen LogP contribution in [-0.4, -0.2) is 66.2 Å². The van der Waals surface area contributed by atoms with E-state index in [1.165, 1.54) is 0 Å². The van der Waals surface area contributed by atoms with E-state index in [4.69, 9.17) is 26.3 Å². The molecule has 0 radical (unpaired) electrons. The number of likely N-dealkylation sites (tertiary alicyclic amines) is 1. The number of nitrogens with one attached hydrogen (secondary N) is 2. The van der Waals surface area contributed by atoms with Crippen LogP contribution >= 0.6 is 11.6 Å². The molecule has 2 aromatic rings. The predicted molar refractivity (Wildman–Crippen MR) is 128 cm³/mol. The van der Waals surface area contributed by atoms with Crippen LogP contribution in [0.2, 0.25) is 5.02 Å². The maximum atomic E-state index is 6.29. The monoisotopic (exact) mass is 447 g/mol. The minimum Gasteiger partial charge on any atom is -0.495 e. The summed E-state index contributed by atoms with van der Waals surface area (Å²) in [6.07, 6.45) is 4.20. The Hall–Kier alpha value is -2.32. The first-order chi connectivity index (χ1) is 15.0. The van der Waals surface area contributed by atoms with Crippen LogP contribution in [0.5, 0.6) is 5.75 Å². The Labute approximate surface area is 190 Å². The van der Waals surface area contributed by atoms with Gasteiger partial charge in [0.15, 0.2) is 0 Å². The van der Waals surface area contributed by atoms with Crippen molar-refractivity contribution in [1.82, 2.24) is 19.9 Å². The number of benzene rings is 1. The molecule has 1 aliphatic heterocycles. The molecule has 1 aromatic carbocycles. The number of hydrogen-bond acceptors (Lipinski definition) is 8. The van der Waals surface area contributed by atoms with Crippen molar-refractivity contribution in [1.29, 1.82) is 0 Å². The molecular formula is C22H34ClN7O. The lowest BCUT2D eigenvalue weighted by atomic mass is 10.1. The van der Waals surface area contributed by atoms with E-state index in [-0.39, 0.29) is 0 Å². The summed E-state index contributed by atoms with van der Waals surface area (Å²) in [5.41, 5.74) is 0.797. The van der Waals surface area contributed by atoms with E-state index in [2.05, 4.69) is 46.3 Å². The van der Waals surface area contributed by atoms with E-state index in [9.17, 15) is 0 Å². The fraction of sp³-hybridized carbons (Fsp3) is 0.591. The van der Waals surface area contributed by atoms with Crippen molar-refractivity contribution < 1.29 is 4.74 Å². The van der Waals surface area contributed by atoms with Crippen LogP contribution in [0, 0.1) is 0 Å². The van der Waals surface area contributed by atoms with Crippen LogP contribution in [0.3, 0.4) is 0 Å². The molecule has 2 N–H and O–H groups in total. The minimum atomic E-state index is 0.362. The molecule has 0 saturated carbocycles. The predicted octanol–water partition coefficient (Wildman–Crippen LogP) is 4.41. The van der Waals surface area contributed by atoms with Gasteiger partial charge in [-0.3, -0.25) is 0 Å². The third-order valence-corrected chi connectivity index (χ3v) is 5.65. The van der Waals surface area contributed by atoms with Gasteiger partial charge in [0.25, 0.3) is 0 Å². The van der Waals surface area contributed by atoms with Gasteiger partial charge >= 0.3 is 0 Å². The zero-order chi connectivity index (χ0) is 22.2. The van der Waals surface area contributed by atoms with Crippen LogP contribution in [-0.2, 0) is 0 Å². The van der Waals surface area contributed by atoms with E-state index >= 15 is 0 Å². The molecule has 0 spiro atoms. The SMILES string of the molecule is CCCN(CCC)c1nc(Nc2ccc(OC)c(Cl)c2)nc(NC2CCN(C)CC2)n1. The lowest BCUT2D eigenvalue weighted by Crippen LogP contribution is -2.37. The fourth-order valence-electron chi connectivity index (χ4n) is 3.69. The third kappa shape index (κ3) is 6.58. The standard InChI is InChI=1S/C22H34ClN7O/c1-5-11-30(12-6-2)22-27-20(24-16-9-13-29(3)14-10-16)26-21(28-22)25-17-7-8-19(31-4)18(23)15-17/h7-8,15-16H,5-6,9-14H2,1-4H3,(H2,24,25,26,27,28). The quantitative estimate of drug-likeness (QED) is 0.554. The Morgan fingerprint density at radius 1 is 1.10 bits per heavy atom. The van der Waals surface area contributed by atoms with E-state index in [0.717, 1.165) is 57.5 Å². The summed E-state index contributed by atoms with van der Waals surface area (Å²) in [5.74, 6) is 2.43. The van der Waals surface area contributed by atoms with Gasteiger partial charge in [-0.1, -0.05) is 25.4 Å². The number of methoxy groups -OCH3 is 1. The molecule has 0 unspecified atom stereocenters. The van der Waals surface area contributed by atoms with Crippen molar-refractivity contribution in [3.05, 3.63) is 23.2 Å². The zero-order valence-corrected chi connectivity index (χ0v) is 19.7. The number of halogens is 1. The second kappa shape index (κ2) is 11.3. The molecule has 8 nitrogen and oxygen atoms in total. The molecule has 31 heavy (non-hydrogen) atoms. The Balaban J connectivity index is 1.87. The van der Waals surface area contributed by atoms with E-state index < -0.39 is 0 Å². The number of nitrogens with zero attached hydrogens (tertiary/aromatic N) is 5. The van der Waals surface area contributed by atoms with Crippen molar-refractivity contribution in [2.45, 2.75) is 45.6 Å². The molecule has 170 valence electrons. The van der Waals surface area contributed by atoms with Gasteiger partial charge in [-0.2, -0.15) is 15.0 Å². The molecule has 1 fully saturated rings. The van der Waals surface area contributed by atoms with Gasteiger partial charge in [-0.15, -0.1) is 0 Å². The van der Waals surface area contributed by atoms with Crippen LogP contribution in [0.4, 0.5) is 23.5 Å². The average Bonchev–Trinajstić information content (AvgIpc) is 2.75. The molecule has 0 amide bonds. The smallest absolute Gasteiger partial charge is 0.233 e. The lowest BCUT2D eigenvalue weighted by Gasteiger charge is -2.30. The van der Waals surface area contributed by atoms with Crippen molar-refractivity contribution >= 4 is 35.1 Å². The van der Waals surface area contributed by atoms with Gasteiger partial charge in [0, 0.05) is 24.8 Å². The lowest BCUT2D eigenvalue weighted by molar-refractivity contribution is 0.263. The Morgan fingerprint density at radius 3 is 2.39 bits per heavy atom. The highest BCUT2D eigenvalue weighted by molar-refractivity contribution is 6.32. The van der Waals surface area contributed by atoms with Crippen LogP contribution in [0.15, 0.2) is 18.2 Å². The zero-order valence-electron chi connectivity index (χ0n) is 19.0. The molecule has 3 rings (SSSR count). The van der Waals surface area contributed by atoms with E-state index in [1.54, 1.807) is 7.11 Å². The molecule has 9 heteroatoms. The van der Waals surface area contributed by atoms with Crippen LogP contribution in [0.25, 0.3) is 0 Å². The first kappa shape index (κ1) is 23.3. The second-order valence-corrected chi connectivity index (χ2v) is 8.37. The van der Waals surface area contributed by atoms with E-state index in [0.29, 0.717) is 34.7 Å². The summed E-state index contributed by atoms with van der Waals surface area (Å²) in [4.78, 5) is 18.7. The highest BCUT2D eigenvalue weighted by Crippen LogP contribution is 2.29. The number of ether oxygens (including phenoxy) is 1. The van der Waals surface area contributed by atoms with Crippen molar-refractivity contribution in [3.63, 3.8) is 0 Å². The molecular weight excluding hydrogens is 414 g/mol. The molecule has 1 aliphatic rings. The van der Waals surface area contributed by atoms with Gasteiger partial charge in [0.1, 0.15) is 5.75 Å². The number of aromatic nitrogens is 3. The molecule has 1 aromatic heterocycles. The average molecular weight is 448 g/mol. The second-order valence-electron chi connectivity index (χ2n) is 7.97. The molecule has 0 aliphatic carbocycles. The molecule has 2 heterocycles. The summed E-state index contributed by atoms with van der Waals surface area (Å²) in [5, 5.41) is 7.35. The Bertz CT molecular complexity index is 837. The first-order valence-corrected chi connectivity index (χ1v) is 11.5. The minimum absolute atomic E-state index is 0.362. The van der Waals surface area contributed by atoms with Gasteiger partial charge in [0.2, 0.25) is 17.8 Å². The van der Waals surface area contributed by atoms with Gasteiger partial charge in [-0.25, -0.2) is 0 Å². The molecule has 1 saturated heterocycles. The largest absolute Gasteiger partial charge is 0.495 e. The summed E-state index contributed by atoms with van der Waals surface area (Å²) in [6.45, 7) is 8.28. The summed E-state index contributed by atoms with van der Waals surface area (Å²) >= 11 is 6.29. The van der Waals surface area contributed by atoms with Gasteiger partial charge < -0.3 is 25.2 Å². The van der Waals surface area contributed by atoms with Crippen LogP contribution < -0.4 is 20.3 Å². The highest BCUT2D eigenvalue weighted by Gasteiger charge is 2.19. The normalized spacial score (nSPS) is 15.0. The first-order valence-electron chi connectivity index (χ1n) is 11.1. The van der Waals surface area contributed by atoms with Crippen molar-refractivity contribution in [2.24, 2.45) is 0 Å². The van der Waals surface area contributed by atoms with Crippen molar-refractivity contribution in [2.75, 3.05) is 55.9 Å². The Morgan fingerprint density at radius 2 is 1.77 bits per heavy atom. The third-order valence-electron chi connectivity index (χ3n) is 5.35. The number of anilines is 4. The van der Waals surface area contributed by atoms with E-state index in [1.807, 2.05) is 18.2 Å². The highest BCUT2D eigenvalue weighted by atomic mass is 35.5. The summed E-state index contributed by atoms with van der Waals surface area (Å²) in [6, 6.07) is 5.89. The number of rotatable bonds is 10. The molecule has 0 atom stereocenters. The van der Waals surface area contributed by atoms with Gasteiger partial charge in [-0.05, 0) is 64.0 Å². The maximum Gasteiger partial charge on any atom is 0.233 e. The van der Waals surface area contributed by atoms with Crippen molar-refractivity contribution in [3.8, 4) is 5.75 Å². The van der Waals surface area contributed by atoms with Gasteiger partial charge in [0.05, 0.1) is 12.1 Å². The number of hydrogen-bond donors (Lipinski definition) is 2. The summed E-state index contributed by atoms with van der Waals surface area (Å²) in [7, 11) is 3.76. The maximum absolute atomic E-state index is 6.29. The number of piperidine rings is 1. The summed E-state index contributed by atoms with van der Waals surface area (Å²) < 4.78 is 5.24. The topological polar surface area (TPSA) is 78.4 Å². The van der Waals surface area contributed by atoms with Crippen LogP contribution in [0.1, 0.15) is 39.5 Å².